The van der Waals surface area contributed by atoms with E-state index in [4.69, 9.17) is 21.4 Å². The van der Waals surface area contributed by atoms with Gasteiger partial charge in [0.1, 0.15) is 11.9 Å². The molecular weight excluding hydrogens is 313 g/mol. The van der Waals surface area contributed by atoms with Gasteiger partial charge in [0.25, 0.3) is 0 Å². The number of carbonyl (C=O) groups excluding carboxylic acids is 1. The highest BCUT2D eigenvalue weighted by atomic mass is 35.5. The van der Waals surface area contributed by atoms with Gasteiger partial charge in [-0.3, -0.25) is 4.79 Å². The molecule has 0 heterocycles. The summed E-state index contributed by atoms with van der Waals surface area (Å²) in [5.74, 6) is -2.37. The molecule has 2 N–H and O–H groups in total. The largest absolute Gasteiger partial charge is 0.480 e. The smallest absolute Gasteiger partial charge is 0.326 e. The van der Waals surface area contributed by atoms with E-state index in [9.17, 15) is 14.0 Å². The van der Waals surface area contributed by atoms with Crippen molar-refractivity contribution < 1.29 is 23.8 Å². The molecule has 7 heteroatoms. The van der Waals surface area contributed by atoms with Crippen LogP contribution in [0.5, 0.6) is 0 Å². The SMILES string of the molecule is COCCC(NC(=O)C(C)(C)c1ccc(Cl)cc1F)C(=O)O. The Morgan fingerprint density at radius 3 is 2.59 bits per heavy atom. The van der Waals surface area contributed by atoms with Crippen LogP contribution >= 0.6 is 11.6 Å². The number of carboxylic acids is 1. The minimum atomic E-state index is -1.24. The highest BCUT2D eigenvalue weighted by Crippen LogP contribution is 2.28. The van der Waals surface area contributed by atoms with Gasteiger partial charge in [-0.2, -0.15) is 0 Å². The summed E-state index contributed by atoms with van der Waals surface area (Å²) in [6.45, 7) is 3.22. The van der Waals surface area contributed by atoms with Crippen molar-refractivity contribution in [3.05, 3.63) is 34.6 Å². The quantitative estimate of drug-likeness (QED) is 0.804. The molecule has 1 rings (SSSR count). The van der Waals surface area contributed by atoms with E-state index in [1.807, 2.05) is 0 Å². The minimum absolute atomic E-state index is 0.122. The maximum Gasteiger partial charge on any atom is 0.326 e. The number of rotatable bonds is 7. The second-order valence-corrected chi connectivity index (χ2v) is 5.83. The topological polar surface area (TPSA) is 75.6 Å². The molecule has 22 heavy (non-hydrogen) atoms. The maximum atomic E-state index is 14.0. The van der Waals surface area contributed by atoms with Crippen LogP contribution in [0.1, 0.15) is 25.8 Å². The molecule has 0 aliphatic rings. The summed E-state index contributed by atoms with van der Waals surface area (Å²) in [5, 5.41) is 11.8. The second-order valence-electron chi connectivity index (χ2n) is 5.39. The van der Waals surface area contributed by atoms with E-state index in [1.165, 1.54) is 33.1 Å². The van der Waals surface area contributed by atoms with E-state index in [2.05, 4.69) is 5.32 Å². The van der Waals surface area contributed by atoms with E-state index in [0.717, 1.165) is 6.07 Å². The summed E-state index contributed by atoms with van der Waals surface area (Å²) >= 11 is 5.70. The average molecular weight is 332 g/mol. The predicted molar refractivity (Wildman–Crippen MR) is 80.5 cm³/mol. The van der Waals surface area contributed by atoms with E-state index in [1.54, 1.807) is 0 Å². The summed E-state index contributed by atoms with van der Waals surface area (Å²) in [4.78, 5) is 23.5. The van der Waals surface area contributed by atoms with Crippen LogP contribution in [-0.2, 0) is 19.7 Å². The van der Waals surface area contributed by atoms with Crippen molar-refractivity contribution in [2.75, 3.05) is 13.7 Å². The Morgan fingerprint density at radius 1 is 1.45 bits per heavy atom. The zero-order valence-corrected chi connectivity index (χ0v) is 13.4. The number of hydrogen-bond acceptors (Lipinski definition) is 3. The normalized spacial score (nSPS) is 12.8. The number of carboxylic acid groups (broad SMARTS) is 1. The summed E-state index contributed by atoms with van der Waals surface area (Å²) < 4.78 is 18.8. The molecule has 5 nitrogen and oxygen atoms in total. The molecule has 0 bridgehead atoms. The van der Waals surface area contributed by atoms with E-state index in [0.29, 0.717) is 0 Å². The molecule has 0 aliphatic heterocycles. The molecule has 0 saturated heterocycles. The first-order valence-corrected chi connectivity index (χ1v) is 7.06. The minimum Gasteiger partial charge on any atom is -0.480 e. The molecule has 0 aromatic heterocycles. The summed E-state index contributed by atoms with van der Waals surface area (Å²) in [6.07, 6.45) is 0.122. The van der Waals surface area contributed by atoms with Crippen molar-refractivity contribution >= 4 is 23.5 Å². The third kappa shape index (κ3) is 4.42. The summed E-state index contributed by atoms with van der Waals surface area (Å²) in [7, 11) is 1.44. The molecule has 1 aromatic carbocycles. The van der Waals surface area contributed by atoms with Gasteiger partial charge in [0.2, 0.25) is 5.91 Å². The molecule has 1 aromatic rings. The number of methoxy groups -OCH3 is 1. The Morgan fingerprint density at radius 2 is 2.09 bits per heavy atom. The maximum absolute atomic E-state index is 14.0. The fraction of sp³-hybridized carbons (Fsp3) is 0.467. The lowest BCUT2D eigenvalue weighted by Crippen LogP contribution is -2.49. The number of hydrogen-bond donors (Lipinski definition) is 2. The van der Waals surface area contributed by atoms with Crippen LogP contribution < -0.4 is 5.32 Å². The lowest BCUT2D eigenvalue weighted by Gasteiger charge is -2.27. The van der Waals surface area contributed by atoms with Crippen molar-refractivity contribution in [2.24, 2.45) is 0 Å². The average Bonchev–Trinajstić information content (AvgIpc) is 2.42. The van der Waals surface area contributed by atoms with Crippen LogP contribution in [0.25, 0.3) is 0 Å². The van der Waals surface area contributed by atoms with Crippen LogP contribution in [-0.4, -0.2) is 36.7 Å². The lowest BCUT2D eigenvalue weighted by atomic mass is 9.83. The monoisotopic (exact) mass is 331 g/mol. The molecule has 0 saturated carbocycles. The highest BCUT2D eigenvalue weighted by molar-refractivity contribution is 6.30. The summed E-state index contributed by atoms with van der Waals surface area (Å²) in [5.41, 5.74) is -1.10. The van der Waals surface area contributed by atoms with Crippen LogP contribution in [0.4, 0.5) is 4.39 Å². The highest BCUT2D eigenvalue weighted by Gasteiger charge is 2.35. The fourth-order valence-electron chi connectivity index (χ4n) is 1.95. The molecule has 1 unspecified atom stereocenters. The lowest BCUT2D eigenvalue weighted by molar-refractivity contribution is -0.143. The standard InChI is InChI=1S/C15H19ClFNO4/c1-15(2,10-5-4-9(16)8-11(10)17)14(21)18-12(13(19)20)6-7-22-3/h4-5,8,12H,6-7H2,1-3H3,(H,18,21)(H,19,20). The molecule has 0 aliphatic carbocycles. The molecule has 1 atom stereocenters. The Hall–Kier alpha value is -1.66. The number of ether oxygens (including phenoxy) is 1. The second kappa shape index (κ2) is 7.56. The van der Waals surface area contributed by atoms with Crippen molar-refractivity contribution in [1.29, 1.82) is 0 Å². The number of halogens is 2. The van der Waals surface area contributed by atoms with Gasteiger partial charge in [-0.15, -0.1) is 0 Å². The molecule has 0 spiro atoms. The number of carbonyl (C=O) groups is 2. The van der Waals surface area contributed by atoms with E-state index in [-0.39, 0.29) is 23.6 Å². The van der Waals surface area contributed by atoms with Crippen molar-refractivity contribution in [3.8, 4) is 0 Å². The molecule has 1 amide bonds. The molecule has 0 fully saturated rings. The van der Waals surface area contributed by atoms with Gasteiger partial charge in [0.05, 0.1) is 5.41 Å². The molecule has 122 valence electrons. The summed E-state index contributed by atoms with van der Waals surface area (Å²) in [6, 6.07) is 2.92. The van der Waals surface area contributed by atoms with Crippen LogP contribution in [0.15, 0.2) is 18.2 Å². The third-order valence-electron chi connectivity index (χ3n) is 3.39. The molecule has 0 radical (unpaired) electrons. The van der Waals surface area contributed by atoms with Gasteiger partial charge in [-0.1, -0.05) is 17.7 Å². The van der Waals surface area contributed by atoms with Crippen molar-refractivity contribution in [2.45, 2.75) is 31.7 Å². The van der Waals surface area contributed by atoms with Crippen molar-refractivity contribution in [1.82, 2.24) is 5.32 Å². The molecular formula is C15H19ClFNO4. The number of amides is 1. The number of aliphatic carboxylic acids is 1. The Labute approximate surface area is 133 Å². The Balaban J connectivity index is 2.95. The van der Waals surface area contributed by atoms with Gasteiger partial charge in [-0.25, -0.2) is 9.18 Å². The number of nitrogens with one attached hydrogen (secondary N) is 1. The first kappa shape index (κ1) is 18.4. The van der Waals surface area contributed by atoms with Gasteiger partial charge in [-0.05, 0) is 26.0 Å². The van der Waals surface area contributed by atoms with E-state index >= 15 is 0 Å². The van der Waals surface area contributed by atoms with Gasteiger partial charge in [0, 0.05) is 30.7 Å². The van der Waals surface area contributed by atoms with Crippen LogP contribution in [0, 0.1) is 5.82 Å². The predicted octanol–water partition coefficient (Wildman–Crippen LogP) is 2.36. The van der Waals surface area contributed by atoms with E-state index < -0.39 is 29.2 Å². The zero-order valence-electron chi connectivity index (χ0n) is 12.7. The van der Waals surface area contributed by atoms with Gasteiger partial charge >= 0.3 is 5.97 Å². The number of benzene rings is 1. The Bertz CT molecular complexity index is 562. The zero-order chi connectivity index (χ0) is 16.9. The van der Waals surface area contributed by atoms with Crippen molar-refractivity contribution in [3.63, 3.8) is 0 Å². The van der Waals surface area contributed by atoms with Crippen LogP contribution in [0.3, 0.4) is 0 Å². The first-order valence-electron chi connectivity index (χ1n) is 6.68. The van der Waals surface area contributed by atoms with Gasteiger partial charge < -0.3 is 15.2 Å². The first-order chi connectivity index (χ1) is 10.2. The van der Waals surface area contributed by atoms with Gasteiger partial charge in [0.15, 0.2) is 0 Å². The third-order valence-corrected chi connectivity index (χ3v) is 3.62. The van der Waals surface area contributed by atoms with Crippen LogP contribution in [0.2, 0.25) is 5.02 Å². The fourth-order valence-corrected chi connectivity index (χ4v) is 2.11. The Kier molecular flexibility index (Phi) is 6.32.